The van der Waals surface area contributed by atoms with E-state index in [1.54, 1.807) is 13.2 Å². The van der Waals surface area contributed by atoms with Crippen LogP contribution in [0.5, 0.6) is 0 Å². The van der Waals surface area contributed by atoms with Gasteiger partial charge in [0.25, 0.3) is 0 Å². The third-order valence-electron chi connectivity index (χ3n) is 2.34. The van der Waals surface area contributed by atoms with Gasteiger partial charge in [0.2, 0.25) is 0 Å². The molecule has 2 rings (SSSR count). The molecule has 1 aromatic carbocycles. The number of methoxy groups -OCH3 is 1. The van der Waals surface area contributed by atoms with Crippen molar-refractivity contribution >= 4 is 34.1 Å². The molecule has 0 bridgehead atoms. The van der Waals surface area contributed by atoms with Crippen LogP contribution in [-0.2, 0) is 11.3 Å². The molecule has 1 aromatic heterocycles. The van der Waals surface area contributed by atoms with Crippen molar-refractivity contribution in [3.05, 3.63) is 34.4 Å². The summed E-state index contributed by atoms with van der Waals surface area (Å²) in [5, 5.41) is 2.37. The number of benzene rings is 1. The van der Waals surface area contributed by atoms with Gasteiger partial charge in [-0.2, -0.15) is 0 Å². The molecular weight excluding hydrogens is 233 g/mol. The SMILES string of the molecule is COCCn1ccc2c(Cl)cc(Cl)cc21. The highest BCUT2D eigenvalue weighted by Gasteiger charge is 2.05. The fourth-order valence-electron chi connectivity index (χ4n) is 1.60. The van der Waals surface area contributed by atoms with E-state index in [0.717, 1.165) is 17.4 Å². The summed E-state index contributed by atoms with van der Waals surface area (Å²) in [6.07, 6.45) is 1.99. The Balaban J connectivity index is 2.49. The molecule has 0 aliphatic heterocycles. The van der Waals surface area contributed by atoms with E-state index < -0.39 is 0 Å². The minimum atomic E-state index is 0.657. The summed E-state index contributed by atoms with van der Waals surface area (Å²) in [5.74, 6) is 0. The second-order valence-corrected chi connectivity index (χ2v) is 4.17. The first-order chi connectivity index (χ1) is 7.22. The largest absolute Gasteiger partial charge is 0.383 e. The smallest absolute Gasteiger partial charge is 0.0641 e. The molecule has 80 valence electrons. The van der Waals surface area contributed by atoms with Crippen LogP contribution in [0.1, 0.15) is 0 Å². The molecule has 2 aromatic rings. The number of aromatic nitrogens is 1. The van der Waals surface area contributed by atoms with Crippen LogP contribution in [0.2, 0.25) is 10.0 Å². The number of halogens is 2. The maximum atomic E-state index is 6.08. The fourth-order valence-corrected chi connectivity index (χ4v) is 2.15. The summed E-state index contributed by atoms with van der Waals surface area (Å²) in [4.78, 5) is 0. The van der Waals surface area contributed by atoms with Gasteiger partial charge in [-0.25, -0.2) is 0 Å². The first-order valence-electron chi connectivity index (χ1n) is 4.65. The second kappa shape index (κ2) is 4.44. The van der Waals surface area contributed by atoms with Gasteiger partial charge in [0.05, 0.1) is 17.1 Å². The van der Waals surface area contributed by atoms with E-state index in [-0.39, 0.29) is 0 Å². The van der Waals surface area contributed by atoms with Gasteiger partial charge < -0.3 is 9.30 Å². The van der Waals surface area contributed by atoms with Crippen molar-refractivity contribution in [2.45, 2.75) is 6.54 Å². The van der Waals surface area contributed by atoms with Gasteiger partial charge in [-0.3, -0.25) is 0 Å². The predicted molar refractivity (Wildman–Crippen MR) is 63.8 cm³/mol. The van der Waals surface area contributed by atoms with Crippen LogP contribution in [0.3, 0.4) is 0 Å². The van der Waals surface area contributed by atoms with Gasteiger partial charge in [-0.15, -0.1) is 0 Å². The van der Waals surface area contributed by atoms with Crippen molar-refractivity contribution in [3.63, 3.8) is 0 Å². The third kappa shape index (κ3) is 2.12. The first kappa shape index (κ1) is 10.8. The monoisotopic (exact) mass is 243 g/mol. The van der Waals surface area contributed by atoms with Crippen LogP contribution in [0.25, 0.3) is 10.9 Å². The fraction of sp³-hybridized carbons (Fsp3) is 0.273. The molecular formula is C11H11Cl2NO. The van der Waals surface area contributed by atoms with Crippen LogP contribution < -0.4 is 0 Å². The zero-order valence-corrected chi connectivity index (χ0v) is 9.85. The molecule has 0 atom stereocenters. The number of nitrogens with zero attached hydrogens (tertiary/aromatic N) is 1. The van der Waals surface area contributed by atoms with Gasteiger partial charge in [0.1, 0.15) is 0 Å². The molecule has 0 saturated carbocycles. The molecule has 0 amide bonds. The van der Waals surface area contributed by atoms with Gasteiger partial charge in [-0.1, -0.05) is 23.2 Å². The Labute approximate surface area is 98.3 Å². The molecule has 0 aliphatic rings. The van der Waals surface area contributed by atoms with Crippen molar-refractivity contribution in [3.8, 4) is 0 Å². The number of ether oxygens (including phenoxy) is 1. The zero-order chi connectivity index (χ0) is 10.8. The molecule has 2 nitrogen and oxygen atoms in total. The van der Waals surface area contributed by atoms with Crippen molar-refractivity contribution in [1.29, 1.82) is 0 Å². The lowest BCUT2D eigenvalue weighted by molar-refractivity contribution is 0.188. The van der Waals surface area contributed by atoms with Crippen molar-refractivity contribution in [1.82, 2.24) is 4.57 Å². The third-order valence-corrected chi connectivity index (χ3v) is 2.87. The lowest BCUT2D eigenvalue weighted by atomic mass is 10.2. The van der Waals surface area contributed by atoms with Crippen molar-refractivity contribution < 1.29 is 4.74 Å². The van der Waals surface area contributed by atoms with E-state index in [1.807, 2.05) is 18.3 Å². The summed E-state index contributed by atoms with van der Waals surface area (Å²) < 4.78 is 7.12. The quantitative estimate of drug-likeness (QED) is 0.804. The Morgan fingerprint density at radius 1 is 1.33 bits per heavy atom. The van der Waals surface area contributed by atoms with E-state index in [4.69, 9.17) is 27.9 Å². The molecule has 0 radical (unpaired) electrons. The minimum absolute atomic E-state index is 0.657. The normalized spacial score (nSPS) is 11.1. The average molecular weight is 244 g/mol. The molecule has 0 spiro atoms. The summed E-state index contributed by atoms with van der Waals surface area (Å²) in [6, 6.07) is 5.66. The maximum absolute atomic E-state index is 6.08. The number of fused-ring (bicyclic) bond motifs is 1. The van der Waals surface area contributed by atoms with Crippen LogP contribution in [0, 0.1) is 0 Å². The number of hydrogen-bond donors (Lipinski definition) is 0. The maximum Gasteiger partial charge on any atom is 0.0641 e. The molecule has 0 N–H and O–H groups in total. The Morgan fingerprint density at radius 3 is 2.87 bits per heavy atom. The molecule has 0 fully saturated rings. The first-order valence-corrected chi connectivity index (χ1v) is 5.41. The molecule has 0 saturated heterocycles. The lowest BCUT2D eigenvalue weighted by Crippen LogP contribution is -2.02. The van der Waals surface area contributed by atoms with Crippen LogP contribution in [-0.4, -0.2) is 18.3 Å². The van der Waals surface area contributed by atoms with E-state index in [1.165, 1.54) is 0 Å². The van der Waals surface area contributed by atoms with Crippen LogP contribution in [0.15, 0.2) is 24.4 Å². The molecule has 1 heterocycles. The summed E-state index contributed by atoms with van der Waals surface area (Å²) in [6.45, 7) is 1.48. The molecule has 0 unspecified atom stereocenters. The highest BCUT2D eigenvalue weighted by atomic mass is 35.5. The Kier molecular flexibility index (Phi) is 3.19. The van der Waals surface area contributed by atoms with Gasteiger partial charge >= 0.3 is 0 Å². The molecule has 4 heteroatoms. The molecule has 15 heavy (non-hydrogen) atoms. The Morgan fingerprint density at radius 2 is 2.13 bits per heavy atom. The molecule has 0 aliphatic carbocycles. The highest BCUT2D eigenvalue weighted by Crippen LogP contribution is 2.28. The lowest BCUT2D eigenvalue weighted by Gasteiger charge is -2.05. The van der Waals surface area contributed by atoms with E-state index in [9.17, 15) is 0 Å². The second-order valence-electron chi connectivity index (χ2n) is 3.32. The number of hydrogen-bond acceptors (Lipinski definition) is 1. The topological polar surface area (TPSA) is 14.2 Å². The van der Waals surface area contributed by atoms with Crippen LogP contribution in [0.4, 0.5) is 0 Å². The van der Waals surface area contributed by atoms with Gasteiger partial charge in [-0.05, 0) is 18.2 Å². The standard InChI is InChI=1S/C11H11Cl2NO/c1-15-5-4-14-3-2-9-10(13)6-8(12)7-11(9)14/h2-3,6-7H,4-5H2,1H3. The van der Waals surface area contributed by atoms with E-state index in [2.05, 4.69) is 4.57 Å². The van der Waals surface area contributed by atoms with Gasteiger partial charge in [0, 0.05) is 30.3 Å². The Hall–Kier alpha value is -0.700. The van der Waals surface area contributed by atoms with E-state index in [0.29, 0.717) is 16.7 Å². The van der Waals surface area contributed by atoms with E-state index >= 15 is 0 Å². The zero-order valence-electron chi connectivity index (χ0n) is 8.34. The summed E-state index contributed by atoms with van der Waals surface area (Å²) >= 11 is 12.0. The predicted octanol–water partition coefficient (Wildman–Crippen LogP) is 3.59. The van der Waals surface area contributed by atoms with Gasteiger partial charge in [0.15, 0.2) is 0 Å². The summed E-state index contributed by atoms with van der Waals surface area (Å²) in [7, 11) is 1.69. The highest BCUT2D eigenvalue weighted by molar-refractivity contribution is 6.38. The van der Waals surface area contributed by atoms with Crippen molar-refractivity contribution in [2.75, 3.05) is 13.7 Å². The minimum Gasteiger partial charge on any atom is -0.383 e. The summed E-state index contributed by atoms with van der Waals surface area (Å²) in [5.41, 5.74) is 1.05. The Bertz CT molecular complexity index is 479. The average Bonchev–Trinajstić information content (AvgIpc) is 2.58. The van der Waals surface area contributed by atoms with Crippen LogP contribution >= 0.6 is 23.2 Å². The van der Waals surface area contributed by atoms with Crippen molar-refractivity contribution in [2.24, 2.45) is 0 Å². The number of rotatable bonds is 3.